The molecule has 2 amide bonds. The molecule has 1 aliphatic carbocycles. The van der Waals surface area contributed by atoms with Gasteiger partial charge in [-0.05, 0) is 73.9 Å². The first-order chi connectivity index (χ1) is 16.3. The molecule has 2 aliphatic heterocycles. The standard InChI is InChI=1S/C25H29N3O5S/c26-24(29)23-16-28(21-7-3-4-8-22(21)33-23)25(30)18-11-13-27(14-12-18)34(31,32)20-10-9-17-5-1-2-6-19(17)15-20/h3-4,7-10,15,18,23H,1-2,5-6,11-14,16H2,(H2,26,29). The molecular weight excluding hydrogens is 454 g/mol. The summed E-state index contributed by atoms with van der Waals surface area (Å²) in [7, 11) is -3.61. The Morgan fingerprint density at radius 1 is 0.971 bits per heavy atom. The molecule has 1 atom stereocenters. The van der Waals surface area contributed by atoms with Gasteiger partial charge in [-0.3, -0.25) is 9.59 Å². The average molecular weight is 484 g/mol. The van der Waals surface area contributed by atoms with E-state index < -0.39 is 22.0 Å². The van der Waals surface area contributed by atoms with E-state index in [0.717, 1.165) is 31.2 Å². The van der Waals surface area contributed by atoms with Crippen molar-refractivity contribution < 1.29 is 22.7 Å². The van der Waals surface area contributed by atoms with Crippen LogP contribution in [0.4, 0.5) is 5.69 Å². The first-order valence-corrected chi connectivity index (χ1v) is 13.3. The molecule has 8 nitrogen and oxygen atoms in total. The number of ether oxygens (including phenoxy) is 1. The molecular formula is C25H29N3O5S. The van der Waals surface area contributed by atoms with E-state index >= 15 is 0 Å². The smallest absolute Gasteiger partial charge is 0.260 e. The molecule has 0 bridgehead atoms. The molecule has 1 fully saturated rings. The Morgan fingerprint density at radius 2 is 1.68 bits per heavy atom. The number of carbonyl (C=O) groups excluding carboxylic acids is 2. The summed E-state index contributed by atoms with van der Waals surface area (Å²) >= 11 is 0. The lowest BCUT2D eigenvalue weighted by atomic mass is 9.92. The minimum absolute atomic E-state index is 0.0544. The topological polar surface area (TPSA) is 110 Å². The van der Waals surface area contributed by atoms with Gasteiger partial charge in [0.15, 0.2) is 6.10 Å². The maximum atomic E-state index is 13.4. The number of para-hydroxylation sites is 2. The number of benzene rings is 2. The van der Waals surface area contributed by atoms with Crippen LogP contribution in [-0.4, -0.2) is 50.3 Å². The van der Waals surface area contributed by atoms with Gasteiger partial charge in [0.05, 0.1) is 17.1 Å². The van der Waals surface area contributed by atoms with Gasteiger partial charge in [0, 0.05) is 19.0 Å². The highest BCUT2D eigenvalue weighted by molar-refractivity contribution is 7.89. The van der Waals surface area contributed by atoms with E-state index in [-0.39, 0.29) is 31.5 Å². The summed E-state index contributed by atoms with van der Waals surface area (Å²) in [4.78, 5) is 27.1. The van der Waals surface area contributed by atoms with Gasteiger partial charge in [0.25, 0.3) is 5.91 Å². The first-order valence-electron chi connectivity index (χ1n) is 11.8. The Morgan fingerprint density at radius 3 is 2.41 bits per heavy atom. The zero-order chi connectivity index (χ0) is 23.9. The number of hydrogen-bond donors (Lipinski definition) is 1. The first kappa shape index (κ1) is 22.9. The number of amides is 2. The van der Waals surface area contributed by atoms with Crippen LogP contribution in [0.1, 0.15) is 36.8 Å². The third-order valence-corrected chi connectivity index (χ3v) is 9.01. The SMILES string of the molecule is NC(=O)C1CN(C(=O)C2CCN(S(=O)(=O)c3ccc4c(c3)CCCC4)CC2)c2ccccc2O1. The predicted molar refractivity (Wildman–Crippen MR) is 127 cm³/mol. The Bertz CT molecular complexity index is 1220. The van der Waals surface area contributed by atoms with Crippen molar-refractivity contribution in [3.63, 3.8) is 0 Å². The highest BCUT2D eigenvalue weighted by Crippen LogP contribution is 2.36. The van der Waals surface area contributed by atoms with E-state index in [1.807, 2.05) is 12.1 Å². The summed E-state index contributed by atoms with van der Waals surface area (Å²) in [5, 5.41) is 0. The van der Waals surface area contributed by atoms with Crippen LogP contribution >= 0.6 is 0 Å². The van der Waals surface area contributed by atoms with Crippen LogP contribution in [-0.2, 0) is 32.5 Å². The molecule has 34 heavy (non-hydrogen) atoms. The lowest BCUT2D eigenvalue weighted by molar-refractivity contribution is -0.126. The summed E-state index contributed by atoms with van der Waals surface area (Å²) in [6.45, 7) is 0.612. The number of fused-ring (bicyclic) bond motifs is 2. The number of primary amides is 1. The summed E-state index contributed by atoms with van der Waals surface area (Å²) in [6, 6.07) is 12.6. The monoisotopic (exact) mass is 483 g/mol. The Balaban J connectivity index is 1.29. The molecule has 0 saturated carbocycles. The van der Waals surface area contributed by atoms with Crippen molar-refractivity contribution in [1.29, 1.82) is 0 Å². The molecule has 0 spiro atoms. The number of nitrogens with two attached hydrogens (primary N) is 1. The van der Waals surface area contributed by atoms with Gasteiger partial charge in [0.1, 0.15) is 5.75 Å². The number of sulfonamides is 1. The van der Waals surface area contributed by atoms with Crippen LogP contribution in [0.3, 0.4) is 0 Å². The maximum Gasteiger partial charge on any atom is 0.260 e. The Labute approximate surface area is 199 Å². The third kappa shape index (κ3) is 4.18. The second-order valence-corrected chi connectivity index (χ2v) is 11.2. The molecule has 2 N–H and O–H groups in total. The van der Waals surface area contributed by atoms with E-state index in [9.17, 15) is 18.0 Å². The van der Waals surface area contributed by atoms with Crippen molar-refractivity contribution in [3.8, 4) is 5.75 Å². The zero-order valence-corrected chi connectivity index (χ0v) is 19.8. The van der Waals surface area contributed by atoms with Gasteiger partial charge in [0.2, 0.25) is 15.9 Å². The lowest BCUT2D eigenvalue weighted by Crippen LogP contribution is -2.52. The summed E-state index contributed by atoms with van der Waals surface area (Å²) in [5.41, 5.74) is 8.44. The second kappa shape index (κ2) is 9.03. The molecule has 9 heteroatoms. The molecule has 2 aromatic carbocycles. The largest absolute Gasteiger partial charge is 0.477 e. The molecule has 1 saturated heterocycles. The van der Waals surface area contributed by atoms with Crippen molar-refractivity contribution >= 4 is 27.5 Å². The fourth-order valence-corrected chi connectivity index (χ4v) is 6.69. The fraction of sp³-hybridized carbons (Fsp3) is 0.440. The number of aryl methyl sites for hydroxylation is 2. The molecule has 2 heterocycles. The minimum atomic E-state index is -3.61. The van der Waals surface area contributed by atoms with Crippen LogP contribution in [0, 0.1) is 5.92 Å². The van der Waals surface area contributed by atoms with Crippen LogP contribution in [0.2, 0.25) is 0 Å². The normalized spacial score (nSPS) is 21.3. The van der Waals surface area contributed by atoms with Crippen LogP contribution in [0.5, 0.6) is 5.75 Å². The van der Waals surface area contributed by atoms with Crippen molar-refractivity contribution in [2.45, 2.75) is 49.5 Å². The number of nitrogens with zero attached hydrogens (tertiary/aromatic N) is 2. The van der Waals surface area contributed by atoms with Gasteiger partial charge in [-0.2, -0.15) is 4.31 Å². The van der Waals surface area contributed by atoms with Crippen LogP contribution < -0.4 is 15.4 Å². The van der Waals surface area contributed by atoms with Gasteiger partial charge in [-0.25, -0.2) is 8.42 Å². The van der Waals surface area contributed by atoms with Gasteiger partial charge >= 0.3 is 0 Å². The highest BCUT2D eigenvalue weighted by Gasteiger charge is 2.38. The predicted octanol–water partition coefficient (Wildman–Crippen LogP) is 2.25. The van der Waals surface area contributed by atoms with E-state index in [2.05, 4.69) is 0 Å². The Kier molecular flexibility index (Phi) is 6.07. The number of carbonyl (C=O) groups is 2. The minimum Gasteiger partial charge on any atom is -0.477 e. The number of hydrogen-bond acceptors (Lipinski definition) is 5. The van der Waals surface area contributed by atoms with Gasteiger partial charge < -0.3 is 15.4 Å². The highest BCUT2D eigenvalue weighted by atomic mass is 32.2. The fourth-order valence-electron chi connectivity index (χ4n) is 5.17. The molecule has 5 rings (SSSR count). The van der Waals surface area contributed by atoms with E-state index in [1.54, 1.807) is 35.2 Å². The van der Waals surface area contributed by atoms with Crippen molar-refractivity contribution in [2.75, 3.05) is 24.5 Å². The third-order valence-electron chi connectivity index (χ3n) is 7.12. The zero-order valence-electron chi connectivity index (χ0n) is 19.0. The van der Waals surface area contributed by atoms with Gasteiger partial charge in [-0.15, -0.1) is 0 Å². The van der Waals surface area contributed by atoms with Crippen LogP contribution in [0.25, 0.3) is 0 Å². The van der Waals surface area contributed by atoms with Crippen LogP contribution in [0.15, 0.2) is 47.4 Å². The summed E-state index contributed by atoms with van der Waals surface area (Å²) < 4.78 is 33.7. The van der Waals surface area contributed by atoms with E-state index in [0.29, 0.717) is 29.2 Å². The molecule has 1 unspecified atom stereocenters. The maximum absolute atomic E-state index is 13.4. The Hall–Kier alpha value is -2.91. The molecule has 180 valence electrons. The summed E-state index contributed by atoms with van der Waals surface area (Å²) in [5.74, 6) is -0.654. The second-order valence-electron chi connectivity index (χ2n) is 9.24. The van der Waals surface area contributed by atoms with Crippen molar-refractivity contribution in [3.05, 3.63) is 53.6 Å². The quantitative estimate of drug-likeness (QED) is 0.717. The average Bonchev–Trinajstić information content (AvgIpc) is 2.87. The van der Waals surface area contributed by atoms with E-state index in [4.69, 9.17) is 10.5 Å². The molecule has 0 radical (unpaired) electrons. The number of rotatable bonds is 4. The molecule has 0 aromatic heterocycles. The van der Waals surface area contributed by atoms with E-state index in [1.165, 1.54) is 9.87 Å². The number of piperidine rings is 1. The van der Waals surface area contributed by atoms with Crippen molar-refractivity contribution in [2.24, 2.45) is 11.7 Å². The van der Waals surface area contributed by atoms with Gasteiger partial charge in [-0.1, -0.05) is 18.2 Å². The number of anilines is 1. The lowest BCUT2D eigenvalue weighted by Gasteiger charge is -2.37. The molecule has 3 aliphatic rings. The van der Waals surface area contributed by atoms with Crippen molar-refractivity contribution in [1.82, 2.24) is 4.31 Å². The summed E-state index contributed by atoms with van der Waals surface area (Å²) in [6.07, 6.45) is 4.09. The molecule has 2 aromatic rings.